The van der Waals surface area contributed by atoms with Crippen molar-refractivity contribution in [1.82, 2.24) is 0 Å². The Hall–Kier alpha value is -0.130. The topological polar surface area (TPSA) is 26.3 Å². The van der Waals surface area contributed by atoms with Crippen molar-refractivity contribution in [2.45, 2.75) is 31.8 Å². The van der Waals surface area contributed by atoms with Gasteiger partial charge in [-0.1, -0.05) is 17.7 Å². The summed E-state index contributed by atoms with van der Waals surface area (Å²) in [5.41, 5.74) is 0.702. The standard InChI is InChI=1S/C13H14ClIO2/c14-11-8-9(3-5-12(11)15)13(16)6-4-10-2-1-7-17-10/h3,5,8,10H,1-2,4,6-7H2. The van der Waals surface area contributed by atoms with E-state index in [2.05, 4.69) is 22.6 Å². The lowest BCUT2D eigenvalue weighted by Crippen LogP contribution is -2.08. The Morgan fingerprint density at radius 2 is 2.35 bits per heavy atom. The van der Waals surface area contributed by atoms with Crippen molar-refractivity contribution < 1.29 is 9.53 Å². The highest BCUT2D eigenvalue weighted by molar-refractivity contribution is 14.1. The minimum atomic E-state index is 0.152. The molecular weight excluding hydrogens is 350 g/mol. The van der Waals surface area contributed by atoms with Gasteiger partial charge >= 0.3 is 0 Å². The zero-order chi connectivity index (χ0) is 12.3. The van der Waals surface area contributed by atoms with E-state index in [9.17, 15) is 4.79 Å². The van der Waals surface area contributed by atoms with Gasteiger partial charge in [-0.2, -0.15) is 0 Å². The minimum Gasteiger partial charge on any atom is -0.378 e. The van der Waals surface area contributed by atoms with Crippen LogP contribution in [0.1, 0.15) is 36.0 Å². The molecule has 4 heteroatoms. The molecule has 0 radical (unpaired) electrons. The van der Waals surface area contributed by atoms with Crippen molar-refractivity contribution in [1.29, 1.82) is 0 Å². The van der Waals surface area contributed by atoms with Crippen LogP contribution in [0.4, 0.5) is 0 Å². The Kier molecular flexibility index (Phi) is 4.82. The van der Waals surface area contributed by atoms with E-state index in [1.165, 1.54) is 0 Å². The van der Waals surface area contributed by atoms with E-state index >= 15 is 0 Å². The number of carbonyl (C=O) groups excluding carboxylic acids is 1. The number of Topliss-reactive ketones (excluding diaryl/α,β-unsaturated/α-hetero) is 1. The van der Waals surface area contributed by atoms with Gasteiger partial charge in [0.2, 0.25) is 0 Å². The number of benzene rings is 1. The number of ketones is 1. The molecule has 1 aliphatic heterocycles. The fourth-order valence-corrected chi connectivity index (χ4v) is 2.49. The summed E-state index contributed by atoms with van der Waals surface area (Å²) in [6, 6.07) is 5.47. The number of hydrogen-bond donors (Lipinski definition) is 0. The molecule has 17 heavy (non-hydrogen) atoms. The fourth-order valence-electron chi connectivity index (χ4n) is 1.98. The predicted octanol–water partition coefficient (Wildman–Crippen LogP) is 4.09. The lowest BCUT2D eigenvalue weighted by molar-refractivity contribution is 0.0859. The molecule has 0 N–H and O–H groups in total. The Morgan fingerprint density at radius 3 is 3.00 bits per heavy atom. The van der Waals surface area contributed by atoms with Gasteiger partial charge in [-0.3, -0.25) is 4.79 Å². The van der Waals surface area contributed by atoms with Gasteiger partial charge in [0.15, 0.2) is 5.78 Å². The highest BCUT2D eigenvalue weighted by atomic mass is 127. The van der Waals surface area contributed by atoms with Crippen LogP contribution < -0.4 is 0 Å². The van der Waals surface area contributed by atoms with Crippen LogP contribution in [0.2, 0.25) is 5.02 Å². The van der Waals surface area contributed by atoms with E-state index in [0.717, 1.165) is 29.4 Å². The molecule has 1 saturated heterocycles. The molecule has 0 bridgehead atoms. The van der Waals surface area contributed by atoms with Crippen LogP contribution in [-0.2, 0) is 4.74 Å². The highest BCUT2D eigenvalue weighted by Gasteiger charge is 2.17. The molecule has 0 aromatic heterocycles. The zero-order valence-corrected chi connectivity index (χ0v) is 12.3. The van der Waals surface area contributed by atoms with Crippen molar-refractivity contribution in [3.05, 3.63) is 32.4 Å². The van der Waals surface area contributed by atoms with Crippen LogP contribution in [0.3, 0.4) is 0 Å². The second-order valence-electron chi connectivity index (χ2n) is 4.23. The maximum absolute atomic E-state index is 11.9. The molecule has 0 saturated carbocycles. The molecule has 1 unspecified atom stereocenters. The first kappa shape index (κ1) is 13.3. The predicted molar refractivity (Wildman–Crippen MR) is 76.7 cm³/mol. The Labute approximate surface area is 120 Å². The van der Waals surface area contributed by atoms with Crippen LogP contribution >= 0.6 is 34.2 Å². The molecule has 2 nitrogen and oxygen atoms in total. The molecule has 92 valence electrons. The summed E-state index contributed by atoms with van der Waals surface area (Å²) in [5.74, 6) is 0.152. The van der Waals surface area contributed by atoms with Gasteiger partial charge < -0.3 is 4.74 Å². The van der Waals surface area contributed by atoms with Crippen molar-refractivity contribution in [3.8, 4) is 0 Å². The average Bonchev–Trinajstić information content (AvgIpc) is 2.82. The SMILES string of the molecule is O=C(CCC1CCCO1)c1ccc(I)c(Cl)c1. The maximum atomic E-state index is 11.9. The molecule has 2 rings (SSSR count). The van der Waals surface area contributed by atoms with E-state index in [1.54, 1.807) is 6.07 Å². The van der Waals surface area contributed by atoms with Gasteiger partial charge in [0.1, 0.15) is 0 Å². The summed E-state index contributed by atoms with van der Waals surface area (Å²) in [5, 5.41) is 0.647. The third kappa shape index (κ3) is 3.66. The van der Waals surface area contributed by atoms with Crippen molar-refractivity contribution in [2.24, 2.45) is 0 Å². The minimum absolute atomic E-state index is 0.152. The molecule has 0 amide bonds. The second kappa shape index (κ2) is 6.16. The Balaban J connectivity index is 1.92. The molecule has 1 aromatic carbocycles. The van der Waals surface area contributed by atoms with E-state index in [-0.39, 0.29) is 11.9 Å². The number of carbonyl (C=O) groups is 1. The van der Waals surface area contributed by atoms with Gasteiger partial charge in [-0.15, -0.1) is 0 Å². The summed E-state index contributed by atoms with van der Waals surface area (Å²) in [7, 11) is 0. The summed E-state index contributed by atoms with van der Waals surface area (Å²) in [4.78, 5) is 11.9. The molecule has 1 atom stereocenters. The number of halogens is 2. The van der Waals surface area contributed by atoms with Crippen LogP contribution in [0.5, 0.6) is 0 Å². The monoisotopic (exact) mass is 364 g/mol. The lowest BCUT2D eigenvalue weighted by atomic mass is 10.0. The van der Waals surface area contributed by atoms with Crippen molar-refractivity contribution >= 4 is 40.0 Å². The van der Waals surface area contributed by atoms with Crippen molar-refractivity contribution in [3.63, 3.8) is 0 Å². The number of ether oxygens (including phenoxy) is 1. The lowest BCUT2D eigenvalue weighted by Gasteiger charge is -2.08. The number of rotatable bonds is 4. The Morgan fingerprint density at radius 1 is 1.53 bits per heavy atom. The number of hydrogen-bond acceptors (Lipinski definition) is 2. The van der Waals surface area contributed by atoms with Crippen LogP contribution in [-0.4, -0.2) is 18.5 Å². The van der Waals surface area contributed by atoms with Crippen LogP contribution in [0, 0.1) is 3.57 Å². The van der Waals surface area contributed by atoms with Gasteiger partial charge in [0.05, 0.1) is 11.1 Å². The molecule has 1 aliphatic rings. The highest BCUT2D eigenvalue weighted by Crippen LogP contribution is 2.22. The smallest absolute Gasteiger partial charge is 0.163 e. The van der Waals surface area contributed by atoms with Gasteiger partial charge in [0.25, 0.3) is 0 Å². The molecule has 0 aliphatic carbocycles. The largest absolute Gasteiger partial charge is 0.378 e. The van der Waals surface area contributed by atoms with Gasteiger partial charge in [-0.25, -0.2) is 0 Å². The zero-order valence-electron chi connectivity index (χ0n) is 9.42. The van der Waals surface area contributed by atoms with Crippen LogP contribution in [0.25, 0.3) is 0 Å². The molecule has 1 fully saturated rings. The first-order valence-electron chi connectivity index (χ1n) is 5.76. The average molecular weight is 365 g/mol. The van der Waals surface area contributed by atoms with Crippen molar-refractivity contribution in [2.75, 3.05) is 6.61 Å². The summed E-state index contributed by atoms with van der Waals surface area (Å²) in [6.45, 7) is 0.841. The summed E-state index contributed by atoms with van der Waals surface area (Å²) < 4.78 is 6.47. The second-order valence-corrected chi connectivity index (χ2v) is 5.80. The van der Waals surface area contributed by atoms with E-state index in [0.29, 0.717) is 17.0 Å². The molecule has 1 aromatic rings. The third-order valence-electron chi connectivity index (χ3n) is 2.96. The first-order valence-corrected chi connectivity index (χ1v) is 7.22. The maximum Gasteiger partial charge on any atom is 0.163 e. The summed E-state index contributed by atoms with van der Waals surface area (Å²) in [6.07, 6.45) is 3.84. The summed E-state index contributed by atoms with van der Waals surface area (Å²) >= 11 is 8.15. The quantitative estimate of drug-likeness (QED) is 0.594. The third-order valence-corrected chi connectivity index (χ3v) is 4.53. The molecule has 0 spiro atoms. The molecule has 1 heterocycles. The van der Waals surface area contributed by atoms with Gasteiger partial charge in [0, 0.05) is 22.2 Å². The Bertz CT molecular complexity index is 414. The van der Waals surface area contributed by atoms with E-state index in [1.807, 2.05) is 12.1 Å². The van der Waals surface area contributed by atoms with E-state index < -0.39 is 0 Å². The van der Waals surface area contributed by atoms with Crippen LogP contribution in [0.15, 0.2) is 18.2 Å². The van der Waals surface area contributed by atoms with E-state index in [4.69, 9.17) is 16.3 Å². The van der Waals surface area contributed by atoms with Gasteiger partial charge in [-0.05, 0) is 54.0 Å². The molecular formula is C13H14ClIO2. The first-order chi connectivity index (χ1) is 8.16. The fraction of sp³-hybridized carbons (Fsp3) is 0.462. The normalized spacial score (nSPS) is 19.5.